The van der Waals surface area contributed by atoms with Gasteiger partial charge in [-0.2, -0.15) is 0 Å². The Morgan fingerprint density at radius 3 is 2.60 bits per heavy atom. The summed E-state index contributed by atoms with van der Waals surface area (Å²) >= 11 is 5.60. The van der Waals surface area contributed by atoms with Gasteiger partial charge in [-0.1, -0.05) is 48.9 Å². The first-order chi connectivity index (χ1) is 14.4. The molecule has 0 saturated heterocycles. The molecular formula is C21H22ClN3O3S2. The molecule has 2 atom stereocenters. The third-order valence-corrected chi connectivity index (χ3v) is 6.26. The number of aromatic nitrogens is 1. The minimum Gasteiger partial charge on any atom is -0.346 e. The van der Waals surface area contributed by atoms with Gasteiger partial charge in [0.25, 0.3) is 11.3 Å². The summed E-state index contributed by atoms with van der Waals surface area (Å²) in [5, 5.41) is 6.51. The van der Waals surface area contributed by atoms with Crippen LogP contribution in [0, 0.1) is 0 Å². The minimum absolute atomic E-state index is 0.129. The summed E-state index contributed by atoms with van der Waals surface area (Å²) in [6, 6.07) is 14.2. The predicted molar refractivity (Wildman–Crippen MR) is 122 cm³/mol. The highest BCUT2D eigenvalue weighted by Gasteiger charge is 2.19. The van der Waals surface area contributed by atoms with Crippen LogP contribution in [0.15, 0.2) is 53.9 Å². The van der Waals surface area contributed by atoms with E-state index < -0.39 is 11.3 Å². The Balaban J connectivity index is 1.75. The lowest BCUT2D eigenvalue weighted by Gasteiger charge is -2.17. The average molecular weight is 464 g/mol. The highest BCUT2D eigenvalue weighted by atomic mass is 35.5. The van der Waals surface area contributed by atoms with Gasteiger partial charge in [-0.3, -0.25) is 14.1 Å². The molecule has 1 amide bonds. The number of carbonyl (C=O) groups is 1. The molecule has 3 N–H and O–H groups in total. The summed E-state index contributed by atoms with van der Waals surface area (Å²) in [4.78, 5) is 17.4. The van der Waals surface area contributed by atoms with E-state index in [-0.39, 0.29) is 18.4 Å². The van der Waals surface area contributed by atoms with E-state index >= 15 is 0 Å². The van der Waals surface area contributed by atoms with Crippen molar-refractivity contribution in [1.82, 2.24) is 10.3 Å². The Morgan fingerprint density at radius 2 is 1.97 bits per heavy atom. The summed E-state index contributed by atoms with van der Waals surface area (Å²) in [7, 11) is 0. The zero-order valence-corrected chi connectivity index (χ0v) is 18.7. The third kappa shape index (κ3) is 6.37. The summed E-state index contributed by atoms with van der Waals surface area (Å²) < 4.78 is 22.2. The van der Waals surface area contributed by atoms with E-state index in [0.29, 0.717) is 17.1 Å². The lowest BCUT2D eigenvalue weighted by molar-refractivity contribution is -0.121. The largest absolute Gasteiger partial charge is 0.346 e. The number of nitrogens with zero attached hydrogens (tertiary/aromatic N) is 1. The maximum Gasteiger partial charge on any atom is 0.259 e. The fraction of sp³-hybridized carbons (Fsp3) is 0.238. The fourth-order valence-electron chi connectivity index (χ4n) is 2.95. The van der Waals surface area contributed by atoms with Crippen LogP contribution in [0.5, 0.6) is 0 Å². The molecule has 1 aromatic heterocycles. The molecule has 158 valence electrons. The molecule has 0 aliphatic heterocycles. The number of carbonyl (C=O) groups excluding carboxylic acids is 1. The van der Waals surface area contributed by atoms with Crippen LogP contribution < -0.4 is 10.0 Å². The molecule has 1 unspecified atom stereocenters. The molecule has 0 spiro atoms. The molecule has 9 heteroatoms. The Labute approximate surface area is 187 Å². The van der Waals surface area contributed by atoms with Gasteiger partial charge >= 0.3 is 0 Å². The number of rotatable bonds is 9. The molecule has 0 saturated carbocycles. The molecule has 3 rings (SSSR count). The number of hydrogen-bond donors (Lipinski definition) is 3. The van der Waals surface area contributed by atoms with Gasteiger partial charge in [0.05, 0.1) is 18.2 Å². The average Bonchev–Trinajstić information content (AvgIpc) is 3.19. The van der Waals surface area contributed by atoms with E-state index in [1.807, 2.05) is 42.6 Å². The van der Waals surface area contributed by atoms with Crippen molar-refractivity contribution in [3.8, 4) is 0 Å². The number of hydrogen-bond acceptors (Lipinski definition) is 4. The number of thiazole rings is 1. The minimum atomic E-state index is -2.12. The first kappa shape index (κ1) is 22.4. The molecule has 1 heterocycles. The van der Waals surface area contributed by atoms with Crippen molar-refractivity contribution in [3.63, 3.8) is 0 Å². The second-order valence-corrected chi connectivity index (χ2v) is 8.67. The smallest absolute Gasteiger partial charge is 0.259 e. The second-order valence-electron chi connectivity index (χ2n) is 6.67. The number of halogens is 1. The quantitative estimate of drug-likeness (QED) is 0.406. The Morgan fingerprint density at radius 1 is 1.23 bits per heavy atom. The van der Waals surface area contributed by atoms with Gasteiger partial charge in [-0.25, -0.2) is 9.19 Å². The highest BCUT2D eigenvalue weighted by Crippen LogP contribution is 2.24. The zero-order chi connectivity index (χ0) is 21.5. The van der Waals surface area contributed by atoms with Crippen molar-refractivity contribution in [1.29, 1.82) is 0 Å². The Kier molecular flexibility index (Phi) is 7.98. The number of aryl methyl sites for hydroxylation is 1. The SMILES string of the molecule is CCc1csc([C@H](Cc2ccc(NS(=O)O)cc2)NC(=O)Cc2ccccc2Cl)n1. The van der Waals surface area contributed by atoms with Crippen LogP contribution in [-0.4, -0.2) is 19.7 Å². The van der Waals surface area contributed by atoms with Crippen LogP contribution in [0.3, 0.4) is 0 Å². The number of amides is 1. The standard InChI is InChI=1S/C21H22ClN3O3S2/c1-2-16-13-29-21(23-16)19(11-14-7-9-17(10-8-14)25-30(27)28)24-20(26)12-15-5-3-4-6-18(15)22/h3-10,13,19,25H,2,11-12H2,1H3,(H,24,26)(H,27,28)/t19-/m0/s1. The number of nitrogens with one attached hydrogen (secondary N) is 2. The van der Waals surface area contributed by atoms with Gasteiger partial charge in [0.2, 0.25) is 5.91 Å². The lowest BCUT2D eigenvalue weighted by Crippen LogP contribution is -2.31. The van der Waals surface area contributed by atoms with E-state index in [0.717, 1.165) is 28.2 Å². The topological polar surface area (TPSA) is 91.3 Å². The van der Waals surface area contributed by atoms with E-state index in [2.05, 4.69) is 15.0 Å². The van der Waals surface area contributed by atoms with Crippen molar-refractivity contribution < 1.29 is 13.6 Å². The lowest BCUT2D eigenvalue weighted by atomic mass is 10.0. The van der Waals surface area contributed by atoms with Crippen molar-refractivity contribution in [2.24, 2.45) is 0 Å². The predicted octanol–water partition coefficient (Wildman–Crippen LogP) is 4.55. The molecule has 0 radical (unpaired) electrons. The molecular weight excluding hydrogens is 442 g/mol. The van der Waals surface area contributed by atoms with E-state index in [4.69, 9.17) is 16.2 Å². The molecule has 0 fully saturated rings. The van der Waals surface area contributed by atoms with Gasteiger partial charge in [0.1, 0.15) is 5.01 Å². The first-order valence-corrected chi connectivity index (χ1v) is 11.7. The van der Waals surface area contributed by atoms with Crippen LogP contribution in [0.2, 0.25) is 5.02 Å². The number of benzene rings is 2. The molecule has 30 heavy (non-hydrogen) atoms. The van der Waals surface area contributed by atoms with Gasteiger partial charge < -0.3 is 5.32 Å². The fourth-order valence-corrected chi connectivity index (χ4v) is 4.44. The Bertz CT molecular complexity index is 1020. The third-order valence-electron chi connectivity index (χ3n) is 4.47. The molecule has 6 nitrogen and oxygen atoms in total. The molecule has 0 aliphatic rings. The van der Waals surface area contributed by atoms with Gasteiger partial charge in [-0.05, 0) is 42.2 Å². The summed E-state index contributed by atoms with van der Waals surface area (Å²) in [6.07, 6.45) is 1.57. The van der Waals surface area contributed by atoms with Crippen molar-refractivity contribution >= 4 is 45.8 Å². The van der Waals surface area contributed by atoms with Crippen LogP contribution in [-0.2, 0) is 35.3 Å². The van der Waals surface area contributed by atoms with Crippen molar-refractivity contribution in [2.75, 3.05) is 4.72 Å². The van der Waals surface area contributed by atoms with Gasteiger partial charge in [-0.15, -0.1) is 11.3 Å². The molecule has 0 aliphatic carbocycles. The van der Waals surface area contributed by atoms with Crippen molar-refractivity contribution in [2.45, 2.75) is 32.2 Å². The highest BCUT2D eigenvalue weighted by molar-refractivity contribution is 7.80. The Hall–Kier alpha value is -2.26. The summed E-state index contributed by atoms with van der Waals surface area (Å²) in [5.74, 6) is -0.129. The van der Waals surface area contributed by atoms with E-state index in [1.54, 1.807) is 18.2 Å². The van der Waals surface area contributed by atoms with Crippen LogP contribution in [0.1, 0.15) is 34.8 Å². The van der Waals surface area contributed by atoms with Crippen molar-refractivity contribution in [3.05, 3.63) is 80.8 Å². The van der Waals surface area contributed by atoms with Gasteiger partial charge in [0, 0.05) is 16.1 Å². The molecule has 2 aromatic carbocycles. The first-order valence-electron chi connectivity index (χ1n) is 9.38. The summed E-state index contributed by atoms with van der Waals surface area (Å²) in [6.45, 7) is 2.04. The maximum absolute atomic E-state index is 12.7. The molecule has 0 bridgehead atoms. The maximum atomic E-state index is 12.7. The zero-order valence-electron chi connectivity index (χ0n) is 16.3. The van der Waals surface area contributed by atoms with Gasteiger partial charge in [0.15, 0.2) is 0 Å². The van der Waals surface area contributed by atoms with Crippen LogP contribution in [0.4, 0.5) is 5.69 Å². The van der Waals surface area contributed by atoms with Crippen LogP contribution >= 0.6 is 22.9 Å². The second kappa shape index (κ2) is 10.7. The molecule has 3 aromatic rings. The monoisotopic (exact) mass is 463 g/mol. The summed E-state index contributed by atoms with van der Waals surface area (Å²) in [5.41, 5.74) is 3.28. The van der Waals surface area contributed by atoms with Crippen LogP contribution in [0.25, 0.3) is 0 Å². The van der Waals surface area contributed by atoms with E-state index in [1.165, 1.54) is 11.3 Å². The van der Waals surface area contributed by atoms with E-state index in [9.17, 15) is 9.00 Å². The number of anilines is 1. The normalized spacial score (nSPS) is 12.9.